The van der Waals surface area contributed by atoms with E-state index in [1.807, 2.05) is 32.2 Å². The number of amides is 1. The fraction of sp³-hybridized carbons (Fsp3) is 0.308. The van der Waals surface area contributed by atoms with Gasteiger partial charge in [-0.2, -0.15) is 4.98 Å². The number of aromatic nitrogens is 2. The third kappa shape index (κ3) is 3.31. The Hall–Kier alpha value is -2.37. The van der Waals surface area contributed by atoms with Gasteiger partial charge in [-0.1, -0.05) is 5.16 Å². The van der Waals surface area contributed by atoms with Gasteiger partial charge in [-0.25, -0.2) is 0 Å². The number of nitrogens with zero attached hydrogens (tertiary/aromatic N) is 2. The molecule has 1 aromatic heterocycles. The number of benzene rings is 1. The van der Waals surface area contributed by atoms with Gasteiger partial charge in [0.1, 0.15) is 0 Å². The molecular weight excluding hydrogens is 244 g/mol. The van der Waals surface area contributed by atoms with Crippen LogP contribution in [-0.2, 0) is 6.42 Å². The average Bonchev–Trinajstić information content (AvgIpc) is 2.91. The first kappa shape index (κ1) is 13.1. The van der Waals surface area contributed by atoms with E-state index in [1.165, 1.54) is 6.33 Å². The lowest BCUT2D eigenvalue weighted by Crippen LogP contribution is -2.26. The maximum absolute atomic E-state index is 12.0. The van der Waals surface area contributed by atoms with Crippen molar-refractivity contribution in [2.45, 2.75) is 13.3 Å². The van der Waals surface area contributed by atoms with Gasteiger partial charge in [0.25, 0.3) is 5.91 Å². The minimum atomic E-state index is -0.0975. The number of carbonyl (C=O) groups is 1. The lowest BCUT2D eigenvalue weighted by molar-refractivity contribution is 0.0953. The highest BCUT2D eigenvalue weighted by Gasteiger charge is 2.09. The number of rotatable bonds is 5. The van der Waals surface area contributed by atoms with E-state index < -0.39 is 0 Å². The number of hydrogen-bond donors (Lipinski definition) is 2. The lowest BCUT2D eigenvalue weighted by Gasteiger charge is -2.08. The molecule has 1 amide bonds. The predicted molar refractivity (Wildman–Crippen MR) is 71.1 cm³/mol. The highest BCUT2D eigenvalue weighted by atomic mass is 16.5. The number of anilines is 1. The minimum absolute atomic E-state index is 0.0975. The molecule has 0 spiro atoms. The number of aryl methyl sites for hydroxylation is 1. The Bertz CT molecular complexity index is 552. The standard InChI is InChI=1S/C13H16N4O2/c1-9-7-10(14-2)3-4-11(9)13(18)15-6-5-12-16-8-17-19-12/h3-4,7-8,14H,5-6H2,1-2H3,(H,15,18). The van der Waals surface area contributed by atoms with Crippen LogP contribution in [0.5, 0.6) is 0 Å². The maximum Gasteiger partial charge on any atom is 0.251 e. The van der Waals surface area contributed by atoms with E-state index in [2.05, 4.69) is 20.8 Å². The Morgan fingerprint density at radius 2 is 2.26 bits per heavy atom. The second-order valence-electron chi connectivity index (χ2n) is 4.12. The summed E-state index contributed by atoms with van der Waals surface area (Å²) in [4.78, 5) is 15.9. The molecule has 2 aromatic rings. The van der Waals surface area contributed by atoms with Crippen molar-refractivity contribution in [3.8, 4) is 0 Å². The highest BCUT2D eigenvalue weighted by molar-refractivity contribution is 5.96. The molecule has 0 saturated carbocycles. The van der Waals surface area contributed by atoms with Crippen LogP contribution in [0.25, 0.3) is 0 Å². The normalized spacial score (nSPS) is 10.2. The average molecular weight is 260 g/mol. The largest absolute Gasteiger partial charge is 0.388 e. The molecule has 0 atom stereocenters. The van der Waals surface area contributed by atoms with Crippen molar-refractivity contribution < 1.29 is 9.32 Å². The van der Waals surface area contributed by atoms with Gasteiger partial charge in [-0.05, 0) is 30.7 Å². The molecule has 19 heavy (non-hydrogen) atoms. The summed E-state index contributed by atoms with van der Waals surface area (Å²) in [7, 11) is 1.85. The molecule has 0 aliphatic heterocycles. The molecule has 2 rings (SSSR count). The number of hydrogen-bond acceptors (Lipinski definition) is 5. The molecule has 100 valence electrons. The molecule has 1 aromatic carbocycles. The zero-order valence-corrected chi connectivity index (χ0v) is 10.9. The summed E-state index contributed by atoms with van der Waals surface area (Å²) in [6.45, 7) is 2.38. The molecule has 0 aliphatic carbocycles. The van der Waals surface area contributed by atoms with E-state index >= 15 is 0 Å². The molecule has 0 aliphatic rings. The van der Waals surface area contributed by atoms with Gasteiger partial charge in [-0.3, -0.25) is 4.79 Å². The summed E-state index contributed by atoms with van der Waals surface area (Å²) >= 11 is 0. The van der Waals surface area contributed by atoms with Gasteiger partial charge in [0.15, 0.2) is 6.33 Å². The SMILES string of the molecule is CNc1ccc(C(=O)NCCc2ncno2)c(C)c1. The van der Waals surface area contributed by atoms with Gasteiger partial charge in [0.2, 0.25) is 5.89 Å². The summed E-state index contributed by atoms with van der Waals surface area (Å²) in [6, 6.07) is 5.62. The van der Waals surface area contributed by atoms with Crippen LogP contribution in [-0.4, -0.2) is 29.6 Å². The van der Waals surface area contributed by atoms with Crippen LogP contribution in [0.3, 0.4) is 0 Å². The first-order valence-electron chi connectivity index (χ1n) is 6.03. The van der Waals surface area contributed by atoms with Crippen molar-refractivity contribution in [3.05, 3.63) is 41.5 Å². The van der Waals surface area contributed by atoms with Gasteiger partial charge < -0.3 is 15.2 Å². The number of carbonyl (C=O) groups excluding carboxylic acids is 1. The Balaban J connectivity index is 1.92. The molecule has 6 heteroatoms. The van der Waals surface area contributed by atoms with Gasteiger partial charge >= 0.3 is 0 Å². The molecule has 0 fully saturated rings. The van der Waals surface area contributed by atoms with E-state index in [0.29, 0.717) is 24.4 Å². The van der Waals surface area contributed by atoms with Gasteiger partial charge in [-0.15, -0.1) is 0 Å². The molecule has 0 bridgehead atoms. The topological polar surface area (TPSA) is 80.0 Å². The summed E-state index contributed by atoms with van der Waals surface area (Å²) in [5.41, 5.74) is 2.59. The minimum Gasteiger partial charge on any atom is -0.388 e. The Labute approximate surface area is 111 Å². The summed E-state index contributed by atoms with van der Waals surface area (Å²) in [5, 5.41) is 9.37. The predicted octanol–water partition coefficient (Wildman–Crippen LogP) is 1.39. The Morgan fingerprint density at radius 3 is 2.89 bits per heavy atom. The Kier molecular flexibility index (Phi) is 4.12. The summed E-state index contributed by atoms with van der Waals surface area (Å²) < 4.78 is 4.85. The van der Waals surface area contributed by atoms with Gasteiger partial charge in [0.05, 0.1) is 0 Å². The van der Waals surface area contributed by atoms with Crippen LogP contribution < -0.4 is 10.6 Å². The van der Waals surface area contributed by atoms with Crippen LogP contribution in [0.4, 0.5) is 5.69 Å². The first-order valence-corrected chi connectivity index (χ1v) is 6.03. The van der Waals surface area contributed by atoms with Crippen LogP contribution in [0.15, 0.2) is 29.0 Å². The van der Waals surface area contributed by atoms with Crippen LogP contribution in [0.2, 0.25) is 0 Å². The van der Waals surface area contributed by atoms with Crippen LogP contribution in [0.1, 0.15) is 21.8 Å². The Morgan fingerprint density at radius 1 is 1.42 bits per heavy atom. The zero-order chi connectivity index (χ0) is 13.7. The third-order valence-electron chi connectivity index (χ3n) is 2.79. The summed E-state index contributed by atoms with van der Waals surface area (Å²) in [6.07, 6.45) is 1.87. The van der Waals surface area contributed by atoms with Gasteiger partial charge in [0, 0.05) is 31.3 Å². The van der Waals surface area contributed by atoms with E-state index in [0.717, 1.165) is 11.3 Å². The van der Waals surface area contributed by atoms with Crippen molar-refractivity contribution in [3.63, 3.8) is 0 Å². The highest BCUT2D eigenvalue weighted by Crippen LogP contribution is 2.14. The van der Waals surface area contributed by atoms with Crippen molar-refractivity contribution >= 4 is 11.6 Å². The van der Waals surface area contributed by atoms with E-state index in [4.69, 9.17) is 4.52 Å². The summed E-state index contributed by atoms with van der Waals surface area (Å²) in [5.74, 6) is 0.419. The molecule has 6 nitrogen and oxygen atoms in total. The quantitative estimate of drug-likeness (QED) is 0.849. The molecule has 0 saturated heterocycles. The first-order chi connectivity index (χ1) is 9.20. The fourth-order valence-electron chi connectivity index (χ4n) is 1.76. The molecule has 1 heterocycles. The molecule has 2 N–H and O–H groups in total. The second-order valence-corrected chi connectivity index (χ2v) is 4.12. The van der Waals surface area contributed by atoms with Crippen LogP contribution >= 0.6 is 0 Å². The number of nitrogens with one attached hydrogen (secondary N) is 2. The van der Waals surface area contributed by atoms with Crippen molar-refractivity contribution in [1.82, 2.24) is 15.5 Å². The third-order valence-corrected chi connectivity index (χ3v) is 2.79. The molecule has 0 radical (unpaired) electrons. The zero-order valence-electron chi connectivity index (χ0n) is 10.9. The second kappa shape index (κ2) is 5.99. The van der Waals surface area contributed by atoms with Crippen LogP contribution in [0, 0.1) is 6.92 Å². The van der Waals surface area contributed by atoms with Crippen molar-refractivity contribution in [1.29, 1.82) is 0 Å². The smallest absolute Gasteiger partial charge is 0.251 e. The van der Waals surface area contributed by atoms with E-state index in [9.17, 15) is 4.79 Å². The molecular formula is C13H16N4O2. The monoisotopic (exact) mass is 260 g/mol. The fourth-order valence-corrected chi connectivity index (χ4v) is 1.76. The maximum atomic E-state index is 12.0. The van der Waals surface area contributed by atoms with E-state index in [-0.39, 0.29) is 5.91 Å². The lowest BCUT2D eigenvalue weighted by atomic mass is 10.1. The van der Waals surface area contributed by atoms with Crippen molar-refractivity contribution in [2.24, 2.45) is 0 Å². The van der Waals surface area contributed by atoms with E-state index in [1.54, 1.807) is 0 Å². The molecule has 0 unspecified atom stereocenters. The van der Waals surface area contributed by atoms with Crippen molar-refractivity contribution in [2.75, 3.05) is 18.9 Å².